The predicted octanol–water partition coefficient (Wildman–Crippen LogP) is 2.80. The largest absolute Gasteiger partial charge is 0.469 e. The average Bonchev–Trinajstić information content (AvgIpc) is 2.82. The third-order valence-electron chi connectivity index (χ3n) is 2.42. The second kappa shape index (κ2) is 4.82. The molecule has 2 rings (SSSR count). The van der Waals surface area contributed by atoms with Crippen molar-refractivity contribution < 1.29 is 18.3 Å². The Labute approximate surface area is 97.8 Å². The Balaban J connectivity index is 2.41. The van der Waals surface area contributed by atoms with Crippen LogP contribution in [-0.2, 0) is 16.0 Å². The molecule has 0 unspecified atom stereocenters. The minimum Gasteiger partial charge on any atom is -0.469 e. The Bertz CT molecular complexity index is 517. The Morgan fingerprint density at radius 2 is 2.24 bits per heavy atom. The lowest BCUT2D eigenvalue weighted by atomic mass is 10.0. The molecule has 17 heavy (non-hydrogen) atoms. The third-order valence-corrected chi connectivity index (χ3v) is 2.42. The van der Waals surface area contributed by atoms with Gasteiger partial charge < -0.3 is 9.15 Å². The number of rotatable bonds is 3. The van der Waals surface area contributed by atoms with E-state index in [9.17, 15) is 9.18 Å². The Morgan fingerprint density at radius 3 is 2.88 bits per heavy atom. The van der Waals surface area contributed by atoms with Crippen LogP contribution in [0.1, 0.15) is 5.56 Å². The van der Waals surface area contributed by atoms with Crippen molar-refractivity contribution >= 4 is 5.97 Å². The van der Waals surface area contributed by atoms with Crippen LogP contribution in [-0.4, -0.2) is 13.1 Å². The fourth-order valence-corrected chi connectivity index (χ4v) is 1.61. The summed E-state index contributed by atoms with van der Waals surface area (Å²) in [4.78, 5) is 11.2. The lowest BCUT2D eigenvalue weighted by Gasteiger charge is -2.06. The molecule has 0 spiro atoms. The number of furan rings is 1. The van der Waals surface area contributed by atoms with Gasteiger partial charge in [0.2, 0.25) is 0 Å². The van der Waals surface area contributed by atoms with Crippen molar-refractivity contribution in [2.45, 2.75) is 6.42 Å². The molecule has 0 aliphatic rings. The van der Waals surface area contributed by atoms with Gasteiger partial charge in [0.05, 0.1) is 19.8 Å². The van der Waals surface area contributed by atoms with Crippen LogP contribution in [0.5, 0.6) is 0 Å². The monoisotopic (exact) mass is 234 g/mol. The van der Waals surface area contributed by atoms with Gasteiger partial charge in [-0.2, -0.15) is 0 Å². The number of ether oxygens (including phenoxy) is 1. The van der Waals surface area contributed by atoms with Crippen molar-refractivity contribution in [2.75, 3.05) is 7.11 Å². The molecule has 3 nitrogen and oxygen atoms in total. The summed E-state index contributed by atoms with van der Waals surface area (Å²) in [7, 11) is 1.30. The molecule has 1 aromatic heterocycles. The van der Waals surface area contributed by atoms with E-state index in [1.807, 2.05) is 0 Å². The molecule has 0 aliphatic carbocycles. The highest BCUT2D eigenvalue weighted by Crippen LogP contribution is 2.25. The number of carbonyl (C=O) groups is 1. The molecule has 0 amide bonds. The normalized spacial score (nSPS) is 10.2. The van der Waals surface area contributed by atoms with Gasteiger partial charge in [0.1, 0.15) is 11.6 Å². The molecule has 1 aromatic carbocycles. The first-order chi connectivity index (χ1) is 8.20. The van der Waals surface area contributed by atoms with E-state index in [-0.39, 0.29) is 12.2 Å². The number of esters is 1. The summed E-state index contributed by atoms with van der Waals surface area (Å²) in [5, 5.41) is 0. The van der Waals surface area contributed by atoms with E-state index in [1.165, 1.54) is 25.5 Å². The highest BCUT2D eigenvalue weighted by molar-refractivity contribution is 5.76. The van der Waals surface area contributed by atoms with Gasteiger partial charge in [-0.05, 0) is 35.9 Å². The second-order valence-electron chi connectivity index (χ2n) is 3.53. The van der Waals surface area contributed by atoms with E-state index < -0.39 is 5.97 Å². The highest BCUT2D eigenvalue weighted by atomic mass is 19.1. The summed E-state index contributed by atoms with van der Waals surface area (Å²) >= 11 is 0. The number of hydrogen-bond acceptors (Lipinski definition) is 3. The molecule has 0 fully saturated rings. The van der Waals surface area contributed by atoms with Crippen LogP contribution in [0.3, 0.4) is 0 Å². The number of halogens is 1. The molecule has 1 heterocycles. The smallest absolute Gasteiger partial charge is 0.310 e. The van der Waals surface area contributed by atoms with Crippen molar-refractivity contribution in [3.63, 3.8) is 0 Å². The first kappa shape index (κ1) is 11.4. The van der Waals surface area contributed by atoms with Gasteiger partial charge in [-0.25, -0.2) is 4.39 Å². The minimum atomic E-state index is -0.414. The fraction of sp³-hybridized carbons (Fsp3) is 0.154. The number of methoxy groups -OCH3 is 1. The maximum absolute atomic E-state index is 13.2. The number of hydrogen-bond donors (Lipinski definition) is 0. The summed E-state index contributed by atoms with van der Waals surface area (Å²) < 4.78 is 23.0. The summed E-state index contributed by atoms with van der Waals surface area (Å²) in [6, 6.07) is 7.73. The first-order valence-corrected chi connectivity index (χ1v) is 5.10. The molecule has 0 saturated heterocycles. The minimum absolute atomic E-state index is 0.0181. The number of carbonyl (C=O) groups excluding carboxylic acids is 1. The third kappa shape index (κ3) is 2.53. The van der Waals surface area contributed by atoms with Gasteiger partial charge in [0.15, 0.2) is 0 Å². The lowest BCUT2D eigenvalue weighted by molar-refractivity contribution is -0.139. The topological polar surface area (TPSA) is 39.4 Å². The molecule has 0 atom stereocenters. The van der Waals surface area contributed by atoms with Crippen LogP contribution in [0.15, 0.2) is 41.0 Å². The molecular weight excluding hydrogens is 223 g/mol. The van der Waals surface area contributed by atoms with Crippen LogP contribution in [0, 0.1) is 5.82 Å². The van der Waals surface area contributed by atoms with Crippen molar-refractivity contribution in [1.29, 1.82) is 0 Å². The zero-order valence-electron chi connectivity index (χ0n) is 9.27. The van der Waals surface area contributed by atoms with Gasteiger partial charge in [-0.3, -0.25) is 4.79 Å². The quantitative estimate of drug-likeness (QED) is 0.766. The van der Waals surface area contributed by atoms with Crippen molar-refractivity contribution in [3.05, 3.63) is 48.0 Å². The van der Waals surface area contributed by atoms with Crippen LogP contribution in [0.4, 0.5) is 4.39 Å². The van der Waals surface area contributed by atoms with Crippen LogP contribution >= 0.6 is 0 Å². The Hall–Kier alpha value is -2.10. The summed E-state index contributed by atoms with van der Waals surface area (Å²) in [5.74, 6) is -0.202. The van der Waals surface area contributed by atoms with Crippen molar-refractivity contribution in [1.82, 2.24) is 0 Å². The second-order valence-corrected chi connectivity index (χ2v) is 3.53. The molecule has 0 saturated carbocycles. The molecular formula is C13H11FO3. The van der Waals surface area contributed by atoms with Crippen molar-refractivity contribution in [3.8, 4) is 11.3 Å². The van der Waals surface area contributed by atoms with E-state index in [2.05, 4.69) is 4.74 Å². The van der Waals surface area contributed by atoms with Gasteiger partial charge in [-0.1, -0.05) is 0 Å². The summed E-state index contributed by atoms with van der Waals surface area (Å²) in [6.45, 7) is 0. The molecule has 0 aliphatic heterocycles. The van der Waals surface area contributed by atoms with Crippen LogP contribution in [0.25, 0.3) is 11.3 Å². The summed E-state index contributed by atoms with van der Waals surface area (Å²) in [6.07, 6.45) is 1.55. The van der Waals surface area contributed by atoms with E-state index in [0.717, 1.165) is 0 Å². The maximum Gasteiger partial charge on any atom is 0.310 e. The zero-order valence-corrected chi connectivity index (χ0v) is 9.27. The predicted molar refractivity (Wildman–Crippen MR) is 59.8 cm³/mol. The Kier molecular flexibility index (Phi) is 3.23. The van der Waals surface area contributed by atoms with E-state index in [0.29, 0.717) is 16.9 Å². The molecule has 88 valence electrons. The van der Waals surface area contributed by atoms with Crippen LogP contribution < -0.4 is 0 Å². The average molecular weight is 234 g/mol. The molecule has 0 N–H and O–H groups in total. The Morgan fingerprint density at radius 1 is 1.41 bits per heavy atom. The van der Waals surface area contributed by atoms with Crippen LogP contribution in [0.2, 0.25) is 0 Å². The molecule has 4 heteroatoms. The first-order valence-electron chi connectivity index (χ1n) is 5.10. The molecule has 0 bridgehead atoms. The fourth-order valence-electron chi connectivity index (χ4n) is 1.61. The van der Waals surface area contributed by atoms with Gasteiger partial charge in [0, 0.05) is 5.56 Å². The standard InChI is InChI=1S/C13H11FO3/c1-16-13(15)8-9-7-10(14)4-5-11(9)12-3-2-6-17-12/h2-7H,8H2,1H3. The lowest BCUT2D eigenvalue weighted by Crippen LogP contribution is -2.05. The van der Waals surface area contributed by atoms with E-state index in [4.69, 9.17) is 4.42 Å². The molecule has 2 aromatic rings. The maximum atomic E-state index is 13.2. The van der Waals surface area contributed by atoms with Gasteiger partial charge in [-0.15, -0.1) is 0 Å². The number of benzene rings is 1. The molecule has 0 radical (unpaired) electrons. The zero-order chi connectivity index (χ0) is 12.3. The van der Waals surface area contributed by atoms with E-state index in [1.54, 1.807) is 18.2 Å². The highest BCUT2D eigenvalue weighted by Gasteiger charge is 2.12. The SMILES string of the molecule is COC(=O)Cc1cc(F)ccc1-c1ccco1. The van der Waals surface area contributed by atoms with E-state index >= 15 is 0 Å². The summed E-state index contributed by atoms with van der Waals surface area (Å²) in [5.41, 5.74) is 1.24. The van der Waals surface area contributed by atoms with Gasteiger partial charge in [0.25, 0.3) is 0 Å². The van der Waals surface area contributed by atoms with Gasteiger partial charge >= 0.3 is 5.97 Å². The van der Waals surface area contributed by atoms with Crippen molar-refractivity contribution in [2.24, 2.45) is 0 Å².